The van der Waals surface area contributed by atoms with Crippen molar-refractivity contribution >= 4 is 15.9 Å². The van der Waals surface area contributed by atoms with Crippen molar-refractivity contribution in [1.29, 1.82) is 0 Å². The highest BCUT2D eigenvalue weighted by Crippen LogP contribution is 2.28. The first-order valence-electron chi connectivity index (χ1n) is 9.05. The number of hydrogen-bond acceptors (Lipinski definition) is 2. The summed E-state index contributed by atoms with van der Waals surface area (Å²) in [6.45, 7) is 4.00. The largest absolute Gasteiger partial charge is 0.228 e. The van der Waals surface area contributed by atoms with E-state index in [1.807, 2.05) is 80.6 Å². The lowest BCUT2D eigenvalue weighted by molar-refractivity contribution is 1.18. The molecule has 1 heterocycles. The van der Waals surface area contributed by atoms with E-state index in [1.165, 1.54) is 0 Å². The molecule has 0 spiro atoms. The van der Waals surface area contributed by atoms with Crippen molar-refractivity contribution in [3.8, 4) is 33.9 Å². The van der Waals surface area contributed by atoms with Crippen LogP contribution in [0.15, 0.2) is 95.5 Å². The minimum Gasteiger partial charge on any atom is -0.228 e. The van der Waals surface area contributed by atoms with Crippen molar-refractivity contribution in [2.75, 3.05) is 0 Å². The molecule has 134 valence electrons. The second-order valence-corrected chi connectivity index (χ2v) is 6.62. The lowest BCUT2D eigenvalue weighted by Crippen LogP contribution is -1.95. The monoisotopic (exact) mass is 416 g/mol. The Morgan fingerprint density at radius 3 is 1.52 bits per heavy atom. The summed E-state index contributed by atoms with van der Waals surface area (Å²) in [6, 6.07) is 30.5. The van der Waals surface area contributed by atoms with Gasteiger partial charge in [-0.25, -0.2) is 9.97 Å². The molecule has 27 heavy (non-hydrogen) atoms. The molecule has 0 saturated heterocycles. The number of rotatable bonds is 3. The molecule has 0 bridgehead atoms. The topological polar surface area (TPSA) is 25.8 Å². The Hall–Kier alpha value is -2.78. The van der Waals surface area contributed by atoms with Gasteiger partial charge in [0.2, 0.25) is 0 Å². The molecule has 0 aliphatic heterocycles. The van der Waals surface area contributed by atoms with Gasteiger partial charge in [-0.15, -0.1) is 0 Å². The zero-order valence-corrected chi connectivity index (χ0v) is 17.0. The van der Waals surface area contributed by atoms with Crippen molar-refractivity contribution < 1.29 is 0 Å². The van der Waals surface area contributed by atoms with Crippen LogP contribution in [-0.4, -0.2) is 9.97 Å². The average Bonchev–Trinajstić information content (AvgIpc) is 2.76. The van der Waals surface area contributed by atoms with Gasteiger partial charge in [0.05, 0.1) is 11.4 Å². The molecule has 3 heteroatoms. The standard InChI is InChI=1S/C22H15BrN2.C2H6/c23-19-13-7-12-18(14-19)22-24-20(16-8-3-1-4-9-16)15-21(25-22)17-10-5-2-6-11-17;1-2/h1-15H;1-2H3. The zero-order valence-electron chi connectivity index (χ0n) is 15.4. The molecule has 0 atom stereocenters. The molecule has 4 aromatic rings. The SMILES string of the molecule is Brc1cccc(-c2nc(-c3ccccc3)cc(-c3ccccc3)n2)c1.CC. The Bertz CT molecular complexity index is 941. The summed E-state index contributed by atoms with van der Waals surface area (Å²) in [5.74, 6) is 0.724. The number of aromatic nitrogens is 2. The van der Waals surface area contributed by atoms with E-state index < -0.39 is 0 Å². The van der Waals surface area contributed by atoms with E-state index in [1.54, 1.807) is 0 Å². The summed E-state index contributed by atoms with van der Waals surface area (Å²) in [4.78, 5) is 9.62. The number of halogens is 1. The van der Waals surface area contributed by atoms with E-state index in [2.05, 4.69) is 40.2 Å². The van der Waals surface area contributed by atoms with E-state index in [9.17, 15) is 0 Å². The highest BCUT2D eigenvalue weighted by atomic mass is 79.9. The first-order valence-corrected chi connectivity index (χ1v) is 9.85. The smallest absolute Gasteiger partial charge is 0.160 e. The normalized spacial score (nSPS) is 10.0. The summed E-state index contributed by atoms with van der Waals surface area (Å²) in [5, 5.41) is 0. The molecule has 1 aromatic heterocycles. The summed E-state index contributed by atoms with van der Waals surface area (Å²) < 4.78 is 1.01. The molecule has 0 N–H and O–H groups in total. The van der Waals surface area contributed by atoms with E-state index in [0.29, 0.717) is 0 Å². The Balaban J connectivity index is 0.00000102. The van der Waals surface area contributed by atoms with Crippen LogP contribution in [0.25, 0.3) is 33.9 Å². The Kier molecular flexibility index (Phi) is 6.50. The fraction of sp³-hybridized carbons (Fsp3) is 0.0833. The molecule has 0 unspecified atom stereocenters. The van der Waals surface area contributed by atoms with Crippen LogP contribution in [0, 0.1) is 0 Å². The third-order valence-corrected chi connectivity index (χ3v) is 4.44. The van der Waals surface area contributed by atoms with Gasteiger partial charge in [0.25, 0.3) is 0 Å². The third-order valence-electron chi connectivity index (χ3n) is 3.95. The Labute approximate surface area is 169 Å². The molecule has 0 fully saturated rings. The summed E-state index contributed by atoms with van der Waals surface area (Å²) in [7, 11) is 0. The molecular formula is C24H21BrN2. The van der Waals surface area contributed by atoms with Gasteiger partial charge in [-0.2, -0.15) is 0 Å². The number of hydrogen-bond donors (Lipinski definition) is 0. The minimum absolute atomic E-state index is 0.724. The van der Waals surface area contributed by atoms with E-state index in [4.69, 9.17) is 9.97 Å². The van der Waals surface area contributed by atoms with Gasteiger partial charge in [-0.1, -0.05) is 103 Å². The summed E-state index contributed by atoms with van der Waals surface area (Å²) in [5.41, 5.74) is 5.00. The number of benzene rings is 3. The quantitative estimate of drug-likeness (QED) is 0.350. The predicted octanol–water partition coefficient (Wildman–Crippen LogP) is 7.27. The van der Waals surface area contributed by atoms with Crippen LogP contribution in [-0.2, 0) is 0 Å². The van der Waals surface area contributed by atoms with Gasteiger partial charge in [0.1, 0.15) is 0 Å². The van der Waals surface area contributed by atoms with Crippen LogP contribution in [0.4, 0.5) is 0 Å². The van der Waals surface area contributed by atoms with Crippen LogP contribution >= 0.6 is 15.9 Å². The van der Waals surface area contributed by atoms with Crippen molar-refractivity contribution in [2.24, 2.45) is 0 Å². The maximum atomic E-state index is 4.81. The molecule has 0 aliphatic rings. The molecule has 0 aliphatic carbocycles. The van der Waals surface area contributed by atoms with Gasteiger partial charge in [0.15, 0.2) is 5.82 Å². The van der Waals surface area contributed by atoms with E-state index in [-0.39, 0.29) is 0 Å². The minimum atomic E-state index is 0.724. The predicted molar refractivity (Wildman–Crippen MR) is 117 cm³/mol. The van der Waals surface area contributed by atoms with Crippen molar-refractivity contribution in [3.05, 3.63) is 95.5 Å². The average molecular weight is 417 g/mol. The van der Waals surface area contributed by atoms with E-state index >= 15 is 0 Å². The fourth-order valence-corrected chi connectivity index (χ4v) is 3.12. The molecule has 0 saturated carbocycles. The Morgan fingerprint density at radius 1 is 0.556 bits per heavy atom. The highest BCUT2D eigenvalue weighted by molar-refractivity contribution is 9.10. The molecule has 0 radical (unpaired) electrons. The molecule has 4 rings (SSSR count). The van der Waals surface area contributed by atoms with Crippen LogP contribution in [0.3, 0.4) is 0 Å². The second-order valence-electron chi connectivity index (χ2n) is 5.70. The fourth-order valence-electron chi connectivity index (χ4n) is 2.72. The third kappa shape index (κ3) is 4.69. The van der Waals surface area contributed by atoms with Crippen molar-refractivity contribution in [1.82, 2.24) is 9.97 Å². The first-order chi connectivity index (χ1) is 13.3. The lowest BCUT2D eigenvalue weighted by Gasteiger charge is -2.09. The number of nitrogens with zero attached hydrogens (tertiary/aromatic N) is 2. The molecule has 0 amide bonds. The maximum absolute atomic E-state index is 4.81. The van der Waals surface area contributed by atoms with Crippen molar-refractivity contribution in [3.63, 3.8) is 0 Å². The van der Waals surface area contributed by atoms with Gasteiger partial charge < -0.3 is 0 Å². The van der Waals surface area contributed by atoms with Crippen LogP contribution in [0.1, 0.15) is 13.8 Å². The zero-order chi connectivity index (χ0) is 19.1. The van der Waals surface area contributed by atoms with Gasteiger partial charge in [-0.05, 0) is 18.2 Å². The van der Waals surface area contributed by atoms with Crippen LogP contribution in [0.5, 0.6) is 0 Å². The van der Waals surface area contributed by atoms with Crippen LogP contribution < -0.4 is 0 Å². The Morgan fingerprint density at radius 2 is 1.04 bits per heavy atom. The van der Waals surface area contributed by atoms with Gasteiger partial charge in [0, 0.05) is 21.2 Å². The maximum Gasteiger partial charge on any atom is 0.160 e. The summed E-state index contributed by atoms with van der Waals surface area (Å²) >= 11 is 3.53. The molecular weight excluding hydrogens is 396 g/mol. The van der Waals surface area contributed by atoms with Gasteiger partial charge >= 0.3 is 0 Å². The molecule has 3 aromatic carbocycles. The van der Waals surface area contributed by atoms with Gasteiger partial charge in [-0.3, -0.25) is 0 Å². The van der Waals surface area contributed by atoms with Crippen LogP contribution in [0.2, 0.25) is 0 Å². The first kappa shape index (κ1) is 19.0. The van der Waals surface area contributed by atoms with Crippen molar-refractivity contribution in [2.45, 2.75) is 13.8 Å². The summed E-state index contributed by atoms with van der Waals surface area (Å²) in [6.07, 6.45) is 0. The molecule has 2 nitrogen and oxygen atoms in total. The second kappa shape index (κ2) is 9.24. The van der Waals surface area contributed by atoms with E-state index in [0.717, 1.165) is 38.4 Å². The highest BCUT2D eigenvalue weighted by Gasteiger charge is 2.10. The lowest BCUT2D eigenvalue weighted by atomic mass is 10.1.